The summed E-state index contributed by atoms with van der Waals surface area (Å²) < 4.78 is 19.7. The Morgan fingerprint density at radius 3 is 1.61 bits per heavy atom. The first kappa shape index (κ1) is 47.4. The zero-order valence-corrected chi connectivity index (χ0v) is 33.4. The van der Waals surface area contributed by atoms with Crippen molar-refractivity contribution in [2.75, 3.05) is 20.2 Å². The van der Waals surface area contributed by atoms with E-state index in [1.165, 1.54) is 0 Å². The highest BCUT2D eigenvalue weighted by molar-refractivity contribution is 6.42. The van der Waals surface area contributed by atoms with E-state index in [-0.39, 0.29) is 47.6 Å². The molecule has 4 aliphatic rings. The van der Waals surface area contributed by atoms with E-state index in [4.69, 9.17) is 65.3 Å². The molecule has 8 heterocycles. The minimum absolute atomic E-state index is 0. The van der Waals surface area contributed by atoms with Gasteiger partial charge in [-0.1, -0.05) is 86.4 Å². The van der Waals surface area contributed by atoms with Crippen LogP contribution in [0.15, 0.2) is 58.0 Å². The number of ether oxygens (including phenoxy) is 1. The monoisotopic (exact) mass is 914 g/mol. The van der Waals surface area contributed by atoms with E-state index in [0.717, 1.165) is 50.7 Å². The number of nitrogens with zero attached hydrogens (tertiary/aromatic N) is 8. The highest BCUT2D eigenvalue weighted by Gasteiger charge is 2.35. The molecule has 0 aliphatic carbocycles. The molecule has 2 unspecified atom stereocenters. The average Bonchev–Trinajstić information content (AvgIpc) is 3.98. The predicted octanol–water partition coefficient (Wildman–Crippen LogP) is 9.12. The summed E-state index contributed by atoms with van der Waals surface area (Å²) in [5, 5.41) is 29.7. The fourth-order valence-electron chi connectivity index (χ4n) is 7.99. The second-order valence-electron chi connectivity index (χ2n) is 14.4. The molecule has 61 heavy (non-hydrogen) atoms. The van der Waals surface area contributed by atoms with Crippen LogP contribution in [0.25, 0.3) is 22.8 Å². The molecule has 18 heteroatoms. The lowest BCUT2D eigenvalue weighted by Gasteiger charge is -2.27. The minimum atomic E-state index is -0.560. The van der Waals surface area contributed by atoms with Crippen LogP contribution in [0.2, 0.25) is 20.1 Å². The number of halogens is 4. The summed E-state index contributed by atoms with van der Waals surface area (Å²) in [7, 11) is 1.70. The fraction of sp³-hybridized carbons (Fsp3) is 0.395. The smallest absolute Gasteiger partial charge is 0.254 e. The molecule has 2 atom stereocenters. The lowest BCUT2D eigenvalue weighted by molar-refractivity contribution is 0.0727. The Balaban J connectivity index is 0.000000217. The Morgan fingerprint density at radius 1 is 0.689 bits per heavy atom. The highest BCUT2D eigenvalue weighted by Crippen LogP contribution is 2.37. The molecule has 6 aromatic rings. The first-order chi connectivity index (χ1) is 27.6. The van der Waals surface area contributed by atoms with Crippen LogP contribution in [0.4, 0.5) is 0 Å². The predicted molar refractivity (Wildman–Crippen MR) is 236 cm³/mol. The van der Waals surface area contributed by atoms with Gasteiger partial charge >= 0.3 is 0 Å². The van der Waals surface area contributed by atoms with Gasteiger partial charge in [-0.2, -0.15) is 10.2 Å². The van der Waals surface area contributed by atoms with E-state index in [0.29, 0.717) is 102 Å². The van der Waals surface area contributed by atoms with Crippen molar-refractivity contribution in [2.24, 2.45) is 0 Å². The number of carbonyl (C=O) groups is 2. The van der Waals surface area contributed by atoms with Crippen LogP contribution in [-0.2, 0) is 56.6 Å². The molecule has 326 valence electrons. The third-order valence-corrected chi connectivity index (χ3v) is 12.3. The van der Waals surface area contributed by atoms with Gasteiger partial charge in [-0.15, -0.1) is 0 Å². The standard InChI is InChI=1S/C20H18Cl2N4O3.C19H16Cl2N4O3.4CH4/c1-28-13-6-12-10-29-24-18(12)19-14-9-25(5-4-17(14)23-26(19)8-13)20(27)11-2-3-15(21)16(22)7-11;20-14-2-1-10(6-15(14)21)19(27)24-4-3-16-13(8-24)18-17-11(9-28-23-17)5-12(26)7-25(18)22-16;;;;/h2-3,7,10,13H,4-6,8-9H2,1H3;1-2,6,9,12,26H,3-5,7-8H2;4*1H4. The lowest BCUT2D eigenvalue weighted by Crippen LogP contribution is -2.36. The summed E-state index contributed by atoms with van der Waals surface area (Å²) >= 11 is 24.1. The Bertz CT molecular complexity index is 2550. The van der Waals surface area contributed by atoms with E-state index in [9.17, 15) is 14.7 Å². The van der Waals surface area contributed by atoms with Crippen LogP contribution in [0.1, 0.15) is 84.1 Å². The molecular formula is C43H50Cl4N8O6. The van der Waals surface area contributed by atoms with Crippen molar-refractivity contribution in [3.05, 3.63) is 114 Å². The largest absolute Gasteiger partial charge is 0.391 e. The van der Waals surface area contributed by atoms with Crippen LogP contribution in [-0.4, -0.2) is 89.0 Å². The van der Waals surface area contributed by atoms with Crippen molar-refractivity contribution in [3.63, 3.8) is 0 Å². The Morgan fingerprint density at radius 2 is 1.15 bits per heavy atom. The summed E-state index contributed by atoms with van der Waals surface area (Å²) in [5.74, 6) is -0.198. The minimum Gasteiger partial charge on any atom is -0.391 e. The van der Waals surface area contributed by atoms with Crippen molar-refractivity contribution < 1.29 is 28.5 Å². The topological polar surface area (TPSA) is 158 Å². The normalized spacial score (nSPS) is 17.0. The maximum Gasteiger partial charge on any atom is 0.254 e. The molecule has 1 N–H and O–H groups in total. The molecular weight excluding hydrogens is 866 g/mol. The van der Waals surface area contributed by atoms with Gasteiger partial charge in [0.25, 0.3) is 11.8 Å². The fourth-order valence-corrected chi connectivity index (χ4v) is 8.59. The second kappa shape index (κ2) is 19.1. The number of aromatic nitrogens is 6. The van der Waals surface area contributed by atoms with Gasteiger partial charge in [0.2, 0.25) is 0 Å². The average molecular weight is 917 g/mol. The van der Waals surface area contributed by atoms with Crippen molar-refractivity contribution in [3.8, 4) is 22.8 Å². The quantitative estimate of drug-likeness (QED) is 0.182. The van der Waals surface area contributed by atoms with Crippen molar-refractivity contribution in [2.45, 2.75) is 93.8 Å². The molecule has 0 spiro atoms. The van der Waals surface area contributed by atoms with E-state index in [2.05, 4.69) is 15.4 Å². The molecule has 0 bridgehead atoms. The number of fused-ring (bicyclic) bond motifs is 10. The number of benzene rings is 2. The molecule has 10 rings (SSSR count). The molecule has 2 amide bonds. The number of aliphatic hydroxyl groups excluding tert-OH is 1. The van der Waals surface area contributed by atoms with Gasteiger partial charge in [0.15, 0.2) is 0 Å². The van der Waals surface area contributed by atoms with Crippen LogP contribution < -0.4 is 0 Å². The SMILES string of the molecule is C.C.C.C.COC1Cc2conc2-c2c3c(nn2C1)CCN(C(=O)c1ccc(Cl)c(Cl)c1)C3.O=C(c1ccc(Cl)c(Cl)c1)N1CCc2nn3c(c2C1)-c1nocc1CC(O)C3. The number of methoxy groups -OCH3 is 1. The molecule has 0 radical (unpaired) electrons. The third kappa shape index (κ3) is 8.84. The number of carbonyl (C=O) groups excluding carboxylic acids is 2. The van der Waals surface area contributed by atoms with E-state index >= 15 is 0 Å². The first-order valence-electron chi connectivity index (χ1n) is 18.3. The van der Waals surface area contributed by atoms with Crippen LogP contribution in [0.5, 0.6) is 0 Å². The zero-order chi connectivity index (χ0) is 39.5. The van der Waals surface area contributed by atoms with Crippen LogP contribution in [0, 0.1) is 0 Å². The van der Waals surface area contributed by atoms with Gasteiger partial charge in [0, 0.05) is 79.3 Å². The van der Waals surface area contributed by atoms with E-state index < -0.39 is 6.10 Å². The first-order valence-corrected chi connectivity index (χ1v) is 19.8. The Labute approximate surface area is 375 Å². The van der Waals surface area contributed by atoms with Gasteiger partial charge in [0.05, 0.1) is 81.3 Å². The number of hydrogen-bond acceptors (Lipinski definition) is 10. The molecule has 4 aliphatic heterocycles. The maximum absolute atomic E-state index is 13.1. The lowest BCUT2D eigenvalue weighted by atomic mass is 10.0. The molecule has 0 saturated heterocycles. The zero-order valence-electron chi connectivity index (χ0n) is 30.4. The third-order valence-electron chi connectivity index (χ3n) is 10.8. The van der Waals surface area contributed by atoms with Gasteiger partial charge in [-0.3, -0.25) is 19.0 Å². The maximum atomic E-state index is 13.1. The molecule has 0 fully saturated rings. The van der Waals surface area contributed by atoms with Crippen molar-refractivity contribution in [1.29, 1.82) is 0 Å². The highest BCUT2D eigenvalue weighted by atomic mass is 35.5. The number of aliphatic hydroxyl groups is 1. The summed E-state index contributed by atoms with van der Waals surface area (Å²) in [6.07, 6.45) is 5.13. The van der Waals surface area contributed by atoms with Gasteiger partial charge in [-0.05, 0) is 36.4 Å². The van der Waals surface area contributed by atoms with Crippen molar-refractivity contribution >= 4 is 58.2 Å². The number of amides is 2. The van der Waals surface area contributed by atoms with Crippen LogP contribution in [0.3, 0.4) is 0 Å². The molecule has 14 nitrogen and oxygen atoms in total. The van der Waals surface area contributed by atoms with E-state index in [1.807, 2.05) is 9.58 Å². The van der Waals surface area contributed by atoms with Crippen molar-refractivity contribution in [1.82, 2.24) is 39.7 Å². The summed E-state index contributed by atoms with van der Waals surface area (Å²) in [5.41, 5.74) is 9.93. The second-order valence-corrected chi connectivity index (χ2v) is 16.0. The van der Waals surface area contributed by atoms with Gasteiger partial charge in [-0.25, -0.2) is 0 Å². The molecule has 4 aromatic heterocycles. The van der Waals surface area contributed by atoms with Gasteiger partial charge in [0.1, 0.15) is 23.9 Å². The summed E-state index contributed by atoms with van der Waals surface area (Å²) in [6.45, 7) is 3.02. The molecule has 0 saturated carbocycles. The number of rotatable bonds is 3. The summed E-state index contributed by atoms with van der Waals surface area (Å²) in [4.78, 5) is 29.6. The van der Waals surface area contributed by atoms with Crippen LogP contribution >= 0.6 is 46.4 Å². The van der Waals surface area contributed by atoms with Gasteiger partial charge < -0.3 is 28.7 Å². The molecule has 2 aromatic carbocycles. The Hall–Kier alpha value is -4.70. The summed E-state index contributed by atoms with van der Waals surface area (Å²) in [6, 6.07) is 9.85. The number of hydrogen-bond donors (Lipinski definition) is 1. The van der Waals surface area contributed by atoms with E-state index in [1.54, 1.807) is 65.6 Å². The Kier molecular flexibility index (Phi) is 14.9.